The zero-order chi connectivity index (χ0) is 21.2. The minimum atomic E-state index is -3.41. The van der Waals surface area contributed by atoms with Crippen molar-refractivity contribution in [2.45, 2.75) is 18.2 Å². The third kappa shape index (κ3) is 5.15. The molecule has 0 saturated heterocycles. The van der Waals surface area contributed by atoms with Crippen LogP contribution < -0.4 is 0 Å². The Bertz CT molecular complexity index is 1170. The van der Waals surface area contributed by atoms with Gasteiger partial charge in [-0.1, -0.05) is 12.1 Å². The summed E-state index contributed by atoms with van der Waals surface area (Å²) in [7, 11) is -3.41. The van der Waals surface area contributed by atoms with Crippen LogP contribution in [-0.4, -0.2) is 41.9 Å². The van der Waals surface area contributed by atoms with Crippen LogP contribution in [0.15, 0.2) is 57.6 Å². The Morgan fingerprint density at radius 1 is 1.14 bits per heavy atom. The van der Waals surface area contributed by atoms with E-state index in [-0.39, 0.29) is 16.4 Å². The fraction of sp³-hybridized carbons (Fsp3) is 0.211. The van der Waals surface area contributed by atoms with E-state index in [1.165, 1.54) is 43.0 Å². The summed E-state index contributed by atoms with van der Waals surface area (Å²) in [5.74, 6) is 0.314. The standard InChI is InChI=1S/C19H17N3O5S2/c1-12(23)11-28-19-10-18(20-21-19)15-6-14(7-16(8-15)22(24)25)13-4-3-5-17(9-13)29(2,26)27/h3-9H,10-11H2,1-2H3. The lowest BCUT2D eigenvalue weighted by atomic mass is 9.99. The first-order valence-corrected chi connectivity index (χ1v) is 11.4. The number of non-ortho nitro benzene ring substituents is 1. The Morgan fingerprint density at radius 2 is 1.86 bits per heavy atom. The topological polar surface area (TPSA) is 119 Å². The van der Waals surface area contributed by atoms with Crippen LogP contribution in [0, 0.1) is 10.1 Å². The normalized spacial score (nSPS) is 13.7. The highest BCUT2D eigenvalue weighted by Gasteiger charge is 2.20. The summed E-state index contributed by atoms with van der Waals surface area (Å²) >= 11 is 1.29. The fourth-order valence-electron chi connectivity index (χ4n) is 2.71. The molecule has 2 aromatic carbocycles. The van der Waals surface area contributed by atoms with Gasteiger partial charge in [-0.15, -0.1) is 16.9 Å². The first kappa shape index (κ1) is 20.9. The second-order valence-corrected chi connectivity index (χ2v) is 9.60. The number of Topliss-reactive ketones (excluding diaryl/α,β-unsaturated/α-hetero) is 1. The fourth-order valence-corrected chi connectivity index (χ4v) is 4.08. The van der Waals surface area contributed by atoms with Gasteiger partial charge in [-0.05, 0) is 36.2 Å². The number of benzene rings is 2. The first-order valence-electron chi connectivity index (χ1n) is 8.49. The van der Waals surface area contributed by atoms with Gasteiger partial charge in [-0.25, -0.2) is 8.42 Å². The van der Waals surface area contributed by atoms with Gasteiger partial charge >= 0.3 is 0 Å². The molecule has 1 aliphatic rings. The lowest BCUT2D eigenvalue weighted by Gasteiger charge is -2.08. The van der Waals surface area contributed by atoms with E-state index >= 15 is 0 Å². The maximum Gasteiger partial charge on any atom is 0.270 e. The Morgan fingerprint density at radius 3 is 2.52 bits per heavy atom. The van der Waals surface area contributed by atoms with Gasteiger partial charge in [0.2, 0.25) is 0 Å². The zero-order valence-corrected chi connectivity index (χ0v) is 17.3. The van der Waals surface area contributed by atoms with Crippen molar-refractivity contribution in [2.75, 3.05) is 12.0 Å². The predicted molar refractivity (Wildman–Crippen MR) is 113 cm³/mol. The highest BCUT2D eigenvalue weighted by atomic mass is 32.2. The molecule has 2 aromatic rings. The second kappa shape index (κ2) is 8.26. The molecule has 3 rings (SSSR count). The van der Waals surface area contributed by atoms with Crippen LogP contribution in [0.4, 0.5) is 5.69 Å². The maximum atomic E-state index is 11.8. The van der Waals surface area contributed by atoms with Crippen LogP contribution >= 0.6 is 11.8 Å². The number of carbonyl (C=O) groups is 1. The lowest BCUT2D eigenvalue weighted by Crippen LogP contribution is -2.05. The van der Waals surface area contributed by atoms with E-state index in [0.29, 0.717) is 39.6 Å². The molecule has 0 unspecified atom stereocenters. The SMILES string of the molecule is CC(=O)CSC1=NN=C(c2cc(-c3cccc(S(C)(=O)=O)c3)cc([N+](=O)[O-])c2)C1. The van der Waals surface area contributed by atoms with E-state index in [9.17, 15) is 23.3 Å². The number of thioether (sulfide) groups is 1. The summed E-state index contributed by atoms with van der Waals surface area (Å²) in [5, 5.41) is 20.3. The molecule has 0 atom stereocenters. The molecule has 0 spiro atoms. The van der Waals surface area contributed by atoms with Gasteiger partial charge in [-0.3, -0.25) is 14.9 Å². The van der Waals surface area contributed by atoms with Crippen LogP contribution in [0.3, 0.4) is 0 Å². The molecule has 0 amide bonds. The molecular weight excluding hydrogens is 414 g/mol. The molecule has 0 bridgehead atoms. The predicted octanol–water partition coefficient (Wildman–Crippen LogP) is 3.49. The summed E-state index contributed by atoms with van der Waals surface area (Å²) in [6, 6.07) is 10.8. The van der Waals surface area contributed by atoms with Crippen molar-refractivity contribution < 1.29 is 18.1 Å². The van der Waals surface area contributed by atoms with Crippen molar-refractivity contribution in [3.8, 4) is 11.1 Å². The van der Waals surface area contributed by atoms with Gasteiger partial charge in [0.05, 0.1) is 21.3 Å². The smallest absolute Gasteiger partial charge is 0.270 e. The number of hydrogen-bond acceptors (Lipinski definition) is 8. The van der Waals surface area contributed by atoms with Crippen molar-refractivity contribution in [1.29, 1.82) is 0 Å². The van der Waals surface area contributed by atoms with Gasteiger partial charge in [-0.2, -0.15) is 5.10 Å². The Hall–Kier alpha value is -2.85. The minimum absolute atomic E-state index is 0.0227. The number of nitro groups is 1. The quantitative estimate of drug-likeness (QED) is 0.510. The highest BCUT2D eigenvalue weighted by Crippen LogP contribution is 2.30. The second-order valence-electron chi connectivity index (χ2n) is 6.53. The molecule has 0 N–H and O–H groups in total. The van der Waals surface area contributed by atoms with E-state index in [1.54, 1.807) is 18.2 Å². The van der Waals surface area contributed by atoms with Crippen LogP contribution in [-0.2, 0) is 14.6 Å². The average Bonchev–Trinajstić information content (AvgIpc) is 3.14. The van der Waals surface area contributed by atoms with Crippen molar-refractivity contribution in [3.63, 3.8) is 0 Å². The van der Waals surface area contributed by atoms with Crippen molar-refractivity contribution >= 4 is 43.8 Å². The maximum absolute atomic E-state index is 11.8. The molecule has 150 valence electrons. The summed E-state index contributed by atoms with van der Waals surface area (Å²) in [6.45, 7) is 1.49. The third-order valence-electron chi connectivity index (χ3n) is 4.10. The van der Waals surface area contributed by atoms with Gasteiger partial charge in [0, 0.05) is 30.4 Å². The van der Waals surface area contributed by atoms with Crippen molar-refractivity contribution in [1.82, 2.24) is 0 Å². The van der Waals surface area contributed by atoms with Gasteiger partial charge in [0.15, 0.2) is 9.84 Å². The summed E-state index contributed by atoms with van der Waals surface area (Å²) in [6.07, 6.45) is 1.48. The number of carbonyl (C=O) groups excluding carboxylic acids is 1. The number of rotatable bonds is 6. The number of hydrogen-bond donors (Lipinski definition) is 0. The first-order chi connectivity index (χ1) is 13.6. The average molecular weight is 431 g/mol. The number of ketones is 1. The van der Waals surface area contributed by atoms with Crippen LogP contribution in [0.5, 0.6) is 0 Å². The molecule has 1 heterocycles. The van der Waals surface area contributed by atoms with E-state index in [0.717, 1.165) is 6.26 Å². The van der Waals surface area contributed by atoms with E-state index in [4.69, 9.17) is 0 Å². The molecular formula is C19H17N3O5S2. The number of nitrogens with zero attached hydrogens (tertiary/aromatic N) is 3. The molecule has 10 heteroatoms. The Kier molecular flexibility index (Phi) is 5.94. The summed E-state index contributed by atoms with van der Waals surface area (Å²) in [4.78, 5) is 22.2. The molecule has 0 aliphatic carbocycles. The molecule has 29 heavy (non-hydrogen) atoms. The number of sulfone groups is 1. The van der Waals surface area contributed by atoms with Gasteiger partial charge < -0.3 is 0 Å². The Labute approximate surface area is 171 Å². The largest absolute Gasteiger partial charge is 0.299 e. The summed E-state index contributed by atoms with van der Waals surface area (Å²) in [5.41, 5.74) is 2.01. The molecule has 0 aromatic heterocycles. The Balaban J connectivity index is 1.97. The number of nitro benzene ring substituents is 1. The zero-order valence-electron chi connectivity index (χ0n) is 15.7. The molecule has 0 radical (unpaired) electrons. The third-order valence-corrected chi connectivity index (χ3v) is 6.32. The van der Waals surface area contributed by atoms with E-state index in [2.05, 4.69) is 10.2 Å². The molecule has 1 aliphatic heterocycles. The van der Waals surface area contributed by atoms with Gasteiger partial charge in [0.1, 0.15) is 10.8 Å². The van der Waals surface area contributed by atoms with Gasteiger partial charge in [0.25, 0.3) is 5.69 Å². The minimum Gasteiger partial charge on any atom is -0.299 e. The molecule has 8 nitrogen and oxygen atoms in total. The molecule has 0 fully saturated rings. The monoisotopic (exact) mass is 431 g/mol. The van der Waals surface area contributed by atoms with E-state index in [1.807, 2.05) is 0 Å². The van der Waals surface area contributed by atoms with Crippen molar-refractivity contribution in [3.05, 3.63) is 58.1 Å². The van der Waals surface area contributed by atoms with Crippen molar-refractivity contribution in [2.24, 2.45) is 10.2 Å². The molecule has 0 saturated carbocycles. The van der Waals surface area contributed by atoms with Crippen LogP contribution in [0.25, 0.3) is 11.1 Å². The lowest BCUT2D eigenvalue weighted by molar-refractivity contribution is -0.384. The van der Waals surface area contributed by atoms with Crippen LogP contribution in [0.1, 0.15) is 18.9 Å². The summed E-state index contributed by atoms with van der Waals surface area (Å²) < 4.78 is 23.7. The van der Waals surface area contributed by atoms with Crippen LogP contribution in [0.2, 0.25) is 0 Å². The highest BCUT2D eigenvalue weighted by molar-refractivity contribution is 8.14. The van der Waals surface area contributed by atoms with E-state index < -0.39 is 14.8 Å².